The van der Waals surface area contributed by atoms with E-state index in [0.29, 0.717) is 22.4 Å². The summed E-state index contributed by atoms with van der Waals surface area (Å²) in [4.78, 5) is 0. The largest absolute Gasteiger partial charge is 0.487 e. The molecule has 0 bridgehead atoms. The highest BCUT2D eigenvalue weighted by atomic mass is 79.9. The van der Waals surface area contributed by atoms with Crippen LogP contribution in [0.15, 0.2) is 40.9 Å². The molecule has 1 unspecified atom stereocenters. The maximum atomic E-state index is 6.24. The number of nitrogens with two attached hydrogens (primary N) is 1. The van der Waals surface area contributed by atoms with Crippen molar-refractivity contribution in [3.63, 3.8) is 0 Å². The Bertz CT molecular complexity index is 632. The van der Waals surface area contributed by atoms with Crippen molar-refractivity contribution >= 4 is 39.1 Å². The molecule has 0 saturated carbocycles. The molecule has 0 aromatic heterocycles. The quantitative estimate of drug-likeness (QED) is 0.761. The first-order chi connectivity index (χ1) is 9.95. The second-order valence-electron chi connectivity index (χ2n) is 4.97. The van der Waals surface area contributed by atoms with Crippen molar-refractivity contribution in [3.8, 4) is 5.75 Å². The topological polar surface area (TPSA) is 35.2 Å². The van der Waals surface area contributed by atoms with Gasteiger partial charge in [-0.05, 0) is 43.2 Å². The van der Waals surface area contributed by atoms with Gasteiger partial charge in [-0.2, -0.15) is 0 Å². The molecule has 0 amide bonds. The van der Waals surface area contributed by atoms with Crippen LogP contribution in [0.25, 0.3) is 0 Å². The first kappa shape index (κ1) is 16.6. The molecule has 0 spiro atoms. The fourth-order valence-electron chi connectivity index (χ4n) is 1.95. The third kappa shape index (κ3) is 4.89. The molecule has 0 aliphatic rings. The molecule has 2 rings (SSSR count). The SMILES string of the molecule is CC(N)Cc1ccc(OCc2ccc(Br)cc2Cl)c(Cl)c1. The summed E-state index contributed by atoms with van der Waals surface area (Å²) in [6.07, 6.45) is 0.790. The van der Waals surface area contributed by atoms with Crippen LogP contribution in [-0.2, 0) is 13.0 Å². The van der Waals surface area contributed by atoms with Crippen molar-refractivity contribution in [1.29, 1.82) is 0 Å². The molecule has 1 atom stereocenters. The zero-order valence-corrected chi connectivity index (χ0v) is 14.7. The Morgan fingerprint density at radius 2 is 1.90 bits per heavy atom. The molecule has 0 aliphatic heterocycles. The van der Waals surface area contributed by atoms with Crippen molar-refractivity contribution in [2.24, 2.45) is 5.73 Å². The zero-order valence-electron chi connectivity index (χ0n) is 11.6. The standard InChI is InChI=1S/C16H16BrCl2NO/c1-10(20)6-11-2-5-16(15(19)7-11)21-9-12-3-4-13(17)8-14(12)18/h2-5,7-8,10H,6,9,20H2,1H3. The number of rotatable bonds is 5. The third-order valence-electron chi connectivity index (χ3n) is 2.95. The van der Waals surface area contributed by atoms with Crippen molar-refractivity contribution in [1.82, 2.24) is 0 Å². The van der Waals surface area contributed by atoms with E-state index in [0.717, 1.165) is 22.0 Å². The number of ether oxygens (including phenoxy) is 1. The summed E-state index contributed by atoms with van der Waals surface area (Å²) in [5, 5.41) is 1.25. The van der Waals surface area contributed by atoms with E-state index in [2.05, 4.69) is 15.9 Å². The maximum absolute atomic E-state index is 6.24. The summed E-state index contributed by atoms with van der Waals surface area (Å²) in [5.41, 5.74) is 7.80. The second kappa shape index (κ2) is 7.50. The molecule has 0 radical (unpaired) electrons. The van der Waals surface area contributed by atoms with Gasteiger partial charge in [0, 0.05) is 21.1 Å². The highest BCUT2D eigenvalue weighted by Crippen LogP contribution is 2.28. The van der Waals surface area contributed by atoms with Crippen LogP contribution in [0, 0.1) is 0 Å². The van der Waals surface area contributed by atoms with E-state index in [9.17, 15) is 0 Å². The van der Waals surface area contributed by atoms with Crippen molar-refractivity contribution in [3.05, 3.63) is 62.0 Å². The summed E-state index contributed by atoms with van der Waals surface area (Å²) in [6.45, 7) is 2.34. The normalized spacial score (nSPS) is 12.2. The lowest BCUT2D eigenvalue weighted by Crippen LogP contribution is -2.17. The Balaban J connectivity index is 2.06. The van der Waals surface area contributed by atoms with Gasteiger partial charge in [0.15, 0.2) is 0 Å². The Hall–Kier alpha value is -0.740. The molecule has 2 N–H and O–H groups in total. The maximum Gasteiger partial charge on any atom is 0.138 e. The van der Waals surface area contributed by atoms with E-state index in [1.54, 1.807) is 0 Å². The van der Waals surface area contributed by atoms with Gasteiger partial charge in [0.2, 0.25) is 0 Å². The summed E-state index contributed by atoms with van der Waals surface area (Å²) in [6, 6.07) is 11.5. The fraction of sp³-hybridized carbons (Fsp3) is 0.250. The molecule has 2 aromatic carbocycles. The van der Waals surface area contributed by atoms with Crippen molar-refractivity contribution < 1.29 is 4.74 Å². The molecular weight excluding hydrogens is 373 g/mol. The lowest BCUT2D eigenvalue weighted by Gasteiger charge is -2.11. The van der Waals surface area contributed by atoms with Gasteiger partial charge in [-0.3, -0.25) is 0 Å². The Morgan fingerprint density at radius 1 is 1.14 bits per heavy atom. The average molecular weight is 389 g/mol. The lowest BCUT2D eigenvalue weighted by molar-refractivity contribution is 0.306. The molecule has 0 aliphatic carbocycles. The van der Waals surface area contributed by atoms with Crippen LogP contribution < -0.4 is 10.5 Å². The van der Waals surface area contributed by atoms with Crippen molar-refractivity contribution in [2.75, 3.05) is 0 Å². The van der Waals surface area contributed by atoms with Crippen LogP contribution in [0.3, 0.4) is 0 Å². The van der Waals surface area contributed by atoms with E-state index >= 15 is 0 Å². The summed E-state index contributed by atoms with van der Waals surface area (Å²) >= 11 is 15.8. The molecule has 0 heterocycles. The van der Waals surface area contributed by atoms with E-state index in [4.69, 9.17) is 33.7 Å². The van der Waals surface area contributed by atoms with Gasteiger partial charge in [-0.1, -0.05) is 51.3 Å². The van der Waals surface area contributed by atoms with E-state index < -0.39 is 0 Å². The van der Waals surface area contributed by atoms with E-state index in [1.807, 2.05) is 43.3 Å². The zero-order chi connectivity index (χ0) is 15.4. The van der Waals surface area contributed by atoms with Gasteiger partial charge in [0.1, 0.15) is 12.4 Å². The van der Waals surface area contributed by atoms with Gasteiger partial charge >= 0.3 is 0 Å². The Morgan fingerprint density at radius 3 is 2.52 bits per heavy atom. The van der Waals surface area contributed by atoms with E-state index in [-0.39, 0.29) is 6.04 Å². The molecule has 21 heavy (non-hydrogen) atoms. The van der Waals surface area contributed by atoms with Crippen LogP contribution >= 0.6 is 39.1 Å². The van der Waals surface area contributed by atoms with Crippen LogP contribution in [0.5, 0.6) is 5.75 Å². The number of halogens is 3. The highest BCUT2D eigenvalue weighted by Gasteiger charge is 2.07. The Kier molecular flexibility index (Phi) is 5.94. The molecule has 0 saturated heterocycles. The van der Waals surface area contributed by atoms with Crippen LogP contribution in [0.4, 0.5) is 0 Å². The minimum Gasteiger partial charge on any atom is -0.487 e. The number of hydrogen-bond donors (Lipinski definition) is 1. The molecular formula is C16H16BrCl2NO. The third-order valence-corrected chi connectivity index (χ3v) is 4.09. The summed E-state index contributed by atoms with van der Waals surface area (Å²) in [7, 11) is 0. The number of benzene rings is 2. The average Bonchev–Trinajstić information content (AvgIpc) is 2.39. The molecule has 5 heteroatoms. The molecule has 2 nitrogen and oxygen atoms in total. The second-order valence-corrected chi connectivity index (χ2v) is 6.70. The van der Waals surface area contributed by atoms with Gasteiger partial charge in [0.05, 0.1) is 5.02 Å². The molecule has 112 valence electrons. The van der Waals surface area contributed by atoms with Crippen molar-refractivity contribution in [2.45, 2.75) is 26.0 Å². The monoisotopic (exact) mass is 387 g/mol. The minimum atomic E-state index is 0.106. The summed E-state index contributed by atoms with van der Waals surface area (Å²) in [5.74, 6) is 0.643. The predicted octanol–water partition coefficient (Wildman–Crippen LogP) is 5.22. The van der Waals surface area contributed by atoms with Crippen LogP contribution in [0.2, 0.25) is 10.0 Å². The predicted molar refractivity (Wildman–Crippen MR) is 92.3 cm³/mol. The molecule has 2 aromatic rings. The first-order valence-electron chi connectivity index (χ1n) is 6.56. The molecule has 0 fully saturated rings. The summed E-state index contributed by atoms with van der Waals surface area (Å²) < 4.78 is 6.68. The highest BCUT2D eigenvalue weighted by molar-refractivity contribution is 9.10. The fourth-order valence-corrected chi connectivity index (χ4v) is 2.94. The lowest BCUT2D eigenvalue weighted by atomic mass is 10.1. The van der Waals surface area contributed by atoms with Gasteiger partial charge in [-0.15, -0.1) is 0 Å². The van der Waals surface area contributed by atoms with Gasteiger partial charge in [0.25, 0.3) is 0 Å². The van der Waals surface area contributed by atoms with E-state index in [1.165, 1.54) is 0 Å². The van der Waals surface area contributed by atoms with Gasteiger partial charge in [-0.25, -0.2) is 0 Å². The smallest absolute Gasteiger partial charge is 0.138 e. The Labute approximate surface area is 143 Å². The van der Waals surface area contributed by atoms with Crippen LogP contribution in [-0.4, -0.2) is 6.04 Å². The minimum absolute atomic E-state index is 0.106. The number of hydrogen-bond acceptors (Lipinski definition) is 2. The van der Waals surface area contributed by atoms with Gasteiger partial charge < -0.3 is 10.5 Å². The van der Waals surface area contributed by atoms with Crippen LogP contribution in [0.1, 0.15) is 18.1 Å². The first-order valence-corrected chi connectivity index (χ1v) is 8.11.